The molecule has 11 heteroatoms. The van der Waals surface area contributed by atoms with Gasteiger partial charge in [-0.25, -0.2) is 4.98 Å². The third-order valence-corrected chi connectivity index (χ3v) is 3.33. The highest BCUT2D eigenvalue weighted by Crippen LogP contribution is 2.20. The van der Waals surface area contributed by atoms with Crippen molar-refractivity contribution in [3.05, 3.63) is 33.8 Å². The van der Waals surface area contributed by atoms with Crippen molar-refractivity contribution in [2.75, 3.05) is 0 Å². The molecular weight excluding hydrogens is 318 g/mol. The molecule has 3 aromatic rings. The highest BCUT2D eigenvalue weighted by molar-refractivity contribution is 6.05. The fraction of sp³-hybridized carbons (Fsp3) is 0.385. The number of aryl methyl sites for hydroxylation is 1. The molecule has 0 spiro atoms. The summed E-state index contributed by atoms with van der Waals surface area (Å²) < 4.78 is 6.52. The van der Waals surface area contributed by atoms with Crippen LogP contribution in [0.3, 0.4) is 0 Å². The minimum atomic E-state index is -0.760. The van der Waals surface area contributed by atoms with Gasteiger partial charge in [-0.15, -0.1) is 10.2 Å². The number of nitrogens with zero attached hydrogens (tertiary/aromatic N) is 6. The summed E-state index contributed by atoms with van der Waals surface area (Å²) in [5, 5.41) is 21.0. The van der Waals surface area contributed by atoms with Gasteiger partial charge in [0.05, 0.1) is 24.8 Å². The lowest BCUT2D eigenvalue weighted by Crippen LogP contribution is -2.24. The topological polar surface area (TPSA) is 155 Å². The number of fused-ring (bicyclic) bond motifs is 1. The van der Waals surface area contributed by atoms with E-state index < -0.39 is 17.6 Å². The van der Waals surface area contributed by atoms with E-state index >= 15 is 0 Å². The van der Waals surface area contributed by atoms with Gasteiger partial charge >= 0.3 is 0 Å². The highest BCUT2D eigenvalue weighted by atomic mass is 16.3. The molecule has 3 heterocycles. The van der Waals surface area contributed by atoms with E-state index in [2.05, 4.69) is 20.4 Å². The Morgan fingerprint density at radius 1 is 1.50 bits per heavy atom. The third kappa shape index (κ3) is 2.76. The van der Waals surface area contributed by atoms with Crippen molar-refractivity contribution in [3.8, 4) is 0 Å². The van der Waals surface area contributed by atoms with Gasteiger partial charge in [0.2, 0.25) is 5.71 Å². The molecule has 1 atom stereocenters. The van der Waals surface area contributed by atoms with E-state index in [4.69, 9.17) is 10.2 Å². The number of primary amides is 1. The molecule has 0 bridgehead atoms. The molecule has 126 valence electrons. The number of carbonyl (C=O) groups excluding carboxylic acids is 1. The first kappa shape index (κ1) is 15.8. The van der Waals surface area contributed by atoms with Crippen LogP contribution in [0, 0.1) is 6.92 Å². The molecule has 11 nitrogen and oxygen atoms in total. The molecule has 0 aliphatic carbocycles. The molecule has 0 fully saturated rings. The smallest absolute Gasteiger partial charge is 0.265 e. The van der Waals surface area contributed by atoms with Gasteiger partial charge in [-0.3, -0.25) is 14.2 Å². The summed E-state index contributed by atoms with van der Waals surface area (Å²) in [6, 6.07) is 0. The van der Waals surface area contributed by atoms with Crippen LogP contribution in [0.4, 0.5) is 0 Å². The quantitative estimate of drug-likeness (QED) is 0.590. The first-order valence-electron chi connectivity index (χ1n) is 7.10. The van der Waals surface area contributed by atoms with Gasteiger partial charge in [0.1, 0.15) is 17.5 Å². The summed E-state index contributed by atoms with van der Waals surface area (Å²) in [4.78, 5) is 29.4. The van der Waals surface area contributed by atoms with Crippen molar-refractivity contribution < 1.29 is 14.3 Å². The average Bonchev–Trinajstić information content (AvgIpc) is 3.05. The molecule has 3 aromatic heterocycles. The molecule has 3 rings (SSSR count). The minimum absolute atomic E-state index is 0.00398. The van der Waals surface area contributed by atoms with Gasteiger partial charge in [0.15, 0.2) is 5.82 Å². The molecule has 0 aromatic carbocycles. The fourth-order valence-electron chi connectivity index (χ4n) is 2.35. The number of aromatic nitrogens is 6. The van der Waals surface area contributed by atoms with Crippen LogP contribution in [0.15, 0.2) is 15.5 Å². The van der Waals surface area contributed by atoms with E-state index in [0.29, 0.717) is 0 Å². The second-order valence-corrected chi connectivity index (χ2v) is 5.36. The number of aliphatic hydroxyl groups excluding tert-OH is 1. The molecule has 0 unspecified atom stereocenters. The van der Waals surface area contributed by atoms with Crippen LogP contribution in [-0.2, 0) is 13.1 Å². The van der Waals surface area contributed by atoms with Gasteiger partial charge < -0.3 is 15.3 Å². The summed E-state index contributed by atoms with van der Waals surface area (Å²) in [7, 11) is 0. The largest absolute Gasteiger partial charge is 0.442 e. The maximum Gasteiger partial charge on any atom is 0.265 e. The van der Waals surface area contributed by atoms with Crippen LogP contribution in [0.1, 0.15) is 28.9 Å². The Hall–Kier alpha value is -3.08. The predicted molar refractivity (Wildman–Crippen MR) is 80.1 cm³/mol. The van der Waals surface area contributed by atoms with Crippen LogP contribution in [-0.4, -0.2) is 46.9 Å². The average molecular weight is 333 g/mol. The third-order valence-electron chi connectivity index (χ3n) is 3.33. The van der Waals surface area contributed by atoms with Gasteiger partial charge in [-0.1, -0.05) is 0 Å². The lowest BCUT2D eigenvalue weighted by Gasteiger charge is -2.02. The van der Waals surface area contributed by atoms with Gasteiger partial charge in [0, 0.05) is 0 Å². The van der Waals surface area contributed by atoms with E-state index in [1.54, 1.807) is 6.92 Å². The minimum Gasteiger partial charge on any atom is -0.442 e. The first-order chi connectivity index (χ1) is 11.4. The van der Waals surface area contributed by atoms with E-state index in [0.717, 1.165) is 0 Å². The van der Waals surface area contributed by atoms with Crippen molar-refractivity contribution in [1.82, 2.24) is 29.8 Å². The zero-order valence-electron chi connectivity index (χ0n) is 13.0. The van der Waals surface area contributed by atoms with E-state index in [1.807, 2.05) is 0 Å². The fourth-order valence-corrected chi connectivity index (χ4v) is 2.35. The van der Waals surface area contributed by atoms with E-state index in [9.17, 15) is 14.7 Å². The Morgan fingerprint density at radius 2 is 2.25 bits per heavy atom. The van der Waals surface area contributed by atoms with Crippen molar-refractivity contribution in [3.63, 3.8) is 0 Å². The molecule has 0 aliphatic heterocycles. The summed E-state index contributed by atoms with van der Waals surface area (Å²) in [6.07, 6.45) is 0.646. The maximum atomic E-state index is 12.6. The molecular formula is C13H15N7O4. The van der Waals surface area contributed by atoms with Crippen molar-refractivity contribution >= 4 is 17.0 Å². The monoisotopic (exact) mass is 333 g/mol. The van der Waals surface area contributed by atoms with Crippen LogP contribution in [0.2, 0.25) is 0 Å². The Balaban J connectivity index is 2.00. The van der Waals surface area contributed by atoms with E-state index in [-0.39, 0.29) is 41.3 Å². The Labute approximate surface area is 134 Å². The number of hydrogen-bond acceptors (Lipinski definition) is 8. The Kier molecular flexibility index (Phi) is 3.85. The Morgan fingerprint density at radius 3 is 2.92 bits per heavy atom. The number of amides is 1. The first-order valence-corrected chi connectivity index (χ1v) is 7.10. The lowest BCUT2D eigenvalue weighted by atomic mass is 10.2. The molecule has 0 radical (unpaired) electrons. The molecule has 3 N–H and O–H groups in total. The normalized spacial score (nSPS) is 12.6. The van der Waals surface area contributed by atoms with Crippen LogP contribution in [0.25, 0.3) is 11.1 Å². The maximum absolute atomic E-state index is 12.6. The number of nitrogens with two attached hydrogens (primary N) is 1. The van der Waals surface area contributed by atoms with Gasteiger partial charge in [-0.2, -0.15) is 4.80 Å². The number of aliphatic hydroxyl groups is 1. The highest BCUT2D eigenvalue weighted by Gasteiger charge is 2.21. The SMILES string of the molecule is Cc1oc2ncn(Cc3nnn(C[C@@H](C)O)n3)c(=O)c2c1C(N)=O. The van der Waals surface area contributed by atoms with Crippen LogP contribution in [0.5, 0.6) is 0 Å². The summed E-state index contributed by atoms with van der Waals surface area (Å²) in [6.45, 7) is 3.32. The van der Waals surface area contributed by atoms with Crippen LogP contribution < -0.4 is 11.3 Å². The number of furan rings is 1. The second kappa shape index (κ2) is 5.85. The van der Waals surface area contributed by atoms with Crippen molar-refractivity contribution in [2.45, 2.75) is 33.0 Å². The van der Waals surface area contributed by atoms with Gasteiger partial charge in [-0.05, 0) is 19.1 Å². The molecule has 0 saturated heterocycles. The summed E-state index contributed by atoms with van der Waals surface area (Å²) in [5.74, 6) is -0.260. The summed E-state index contributed by atoms with van der Waals surface area (Å²) in [5.41, 5.74) is 4.89. The second-order valence-electron chi connectivity index (χ2n) is 5.36. The molecule has 0 aliphatic rings. The predicted octanol–water partition coefficient (Wildman–Crippen LogP) is -1.19. The Bertz CT molecular complexity index is 969. The van der Waals surface area contributed by atoms with Crippen LogP contribution >= 0.6 is 0 Å². The number of hydrogen-bond donors (Lipinski definition) is 2. The zero-order chi connectivity index (χ0) is 17.4. The zero-order valence-corrected chi connectivity index (χ0v) is 13.0. The van der Waals surface area contributed by atoms with Gasteiger partial charge in [0.25, 0.3) is 11.5 Å². The molecule has 1 amide bonds. The molecule has 24 heavy (non-hydrogen) atoms. The summed E-state index contributed by atoms with van der Waals surface area (Å²) >= 11 is 0. The van der Waals surface area contributed by atoms with Crippen molar-refractivity contribution in [2.24, 2.45) is 5.73 Å². The number of tetrazole rings is 1. The number of carbonyl (C=O) groups is 1. The standard InChI is InChI=1S/C13H15N7O4/c1-6(21)3-20-17-8(16-18-20)4-19-5-15-12-10(13(19)23)9(11(14)22)7(2)24-12/h5-6,21H,3-4H2,1-2H3,(H2,14,22)/t6-/m1/s1. The van der Waals surface area contributed by atoms with E-state index in [1.165, 1.54) is 22.6 Å². The lowest BCUT2D eigenvalue weighted by molar-refractivity contribution is 0.1000. The number of rotatable bonds is 5. The molecule has 0 saturated carbocycles. The van der Waals surface area contributed by atoms with Crippen molar-refractivity contribution in [1.29, 1.82) is 0 Å².